The first-order valence-electron chi connectivity index (χ1n) is 5.37. The van der Waals surface area contributed by atoms with E-state index in [-0.39, 0.29) is 12.1 Å². The summed E-state index contributed by atoms with van der Waals surface area (Å²) < 4.78 is 6.25. The summed E-state index contributed by atoms with van der Waals surface area (Å²) in [5.41, 5.74) is 1.13. The quantitative estimate of drug-likeness (QED) is 0.870. The van der Waals surface area contributed by atoms with Crippen LogP contribution in [0.3, 0.4) is 0 Å². The zero-order chi connectivity index (χ0) is 11.6. The second-order valence-corrected chi connectivity index (χ2v) is 5.10. The summed E-state index contributed by atoms with van der Waals surface area (Å²) in [7, 11) is 1.66. The van der Waals surface area contributed by atoms with Crippen molar-refractivity contribution < 1.29 is 9.84 Å². The van der Waals surface area contributed by atoms with Gasteiger partial charge in [-0.2, -0.15) is 0 Å². The van der Waals surface area contributed by atoms with Crippen LogP contribution in [0.25, 0.3) is 0 Å². The molecule has 0 atom stereocenters. The predicted molar refractivity (Wildman–Crippen MR) is 66.6 cm³/mol. The van der Waals surface area contributed by atoms with Crippen LogP contribution in [0.2, 0.25) is 0 Å². The molecule has 0 bridgehead atoms. The lowest BCUT2D eigenvalue weighted by Crippen LogP contribution is -2.34. The molecule has 1 aromatic carbocycles. The van der Waals surface area contributed by atoms with Gasteiger partial charge in [0.15, 0.2) is 0 Å². The van der Waals surface area contributed by atoms with E-state index in [1.54, 1.807) is 7.11 Å². The summed E-state index contributed by atoms with van der Waals surface area (Å²) >= 11 is 3.51. The number of aliphatic hydroxyl groups is 1. The van der Waals surface area contributed by atoms with Crippen LogP contribution in [0, 0.1) is 0 Å². The number of nitrogens with one attached hydrogen (secondary N) is 1. The van der Waals surface area contributed by atoms with Crippen LogP contribution in [-0.2, 0) is 6.54 Å². The van der Waals surface area contributed by atoms with Crippen molar-refractivity contribution in [3.05, 3.63) is 28.2 Å². The number of hydrogen-bond donors (Lipinski definition) is 2. The van der Waals surface area contributed by atoms with Crippen molar-refractivity contribution in [3.63, 3.8) is 0 Å². The summed E-state index contributed by atoms with van der Waals surface area (Å²) in [5, 5.41) is 12.6. The van der Waals surface area contributed by atoms with E-state index in [0.717, 1.165) is 35.2 Å². The molecule has 3 nitrogen and oxygen atoms in total. The minimum atomic E-state index is -0.0253. The van der Waals surface area contributed by atoms with Gasteiger partial charge in [-0.25, -0.2) is 0 Å². The molecule has 1 fully saturated rings. The lowest BCUT2D eigenvalue weighted by atomic mass is 10.2. The predicted octanol–water partition coefficient (Wildman–Crippen LogP) is 2.07. The van der Waals surface area contributed by atoms with E-state index in [4.69, 9.17) is 4.74 Å². The second-order valence-electron chi connectivity index (χ2n) is 4.25. The lowest BCUT2D eigenvalue weighted by molar-refractivity contribution is 0.229. The number of benzene rings is 1. The Hall–Kier alpha value is -0.580. The minimum absolute atomic E-state index is 0.0253. The first kappa shape index (κ1) is 11.9. The Kier molecular flexibility index (Phi) is 3.52. The van der Waals surface area contributed by atoms with Crippen molar-refractivity contribution in [2.75, 3.05) is 13.7 Å². The highest BCUT2D eigenvalue weighted by Crippen LogP contribution is 2.35. The largest absolute Gasteiger partial charge is 0.497 e. The van der Waals surface area contributed by atoms with E-state index < -0.39 is 0 Å². The van der Waals surface area contributed by atoms with E-state index in [1.165, 1.54) is 0 Å². The Morgan fingerprint density at radius 3 is 2.81 bits per heavy atom. The van der Waals surface area contributed by atoms with Crippen LogP contribution in [0.4, 0.5) is 0 Å². The van der Waals surface area contributed by atoms with Gasteiger partial charge in [-0.1, -0.05) is 15.9 Å². The molecular formula is C12H16BrNO2. The normalized spacial score (nSPS) is 17.2. The third-order valence-corrected chi connectivity index (χ3v) is 3.84. The monoisotopic (exact) mass is 285 g/mol. The lowest BCUT2D eigenvalue weighted by Gasteiger charge is -2.15. The third-order valence-electron chi connectivity index (χ3n) is 3.06. The fraction of sp³-hybridized carbons (Fsp3) is 0.500. The maximum Gasteiger partial charge on any atom is 0.119 e. The molecule has 0 saturated heterocycles. The number of ether oxygens (including phenoxy) is 1. The molecule has 0 heterocycles. The molecule has 1 aromatic rings. The zero-order valence-electron chi connectivity index (χ0n) is 9.29. The first-order chi connectivity index (χ1) is 7.69. The highest BCUT2D eigenvalue weighted by atomic mass is 79.9. The Labute approximate surface area is 104 Å². The van der Waals surface area contributed by atoms with Gasteiger partial charge in [0.25, 0.3) is 0 Å². The van der Waals surface area contributed by atoms with E-state index in [0.29, 0.717) is 0 Å². The third kappa shape index (κ3) is 2.56. The molecule has 1 aliphatic carbocycles. The van der Waals surface area contributed by atoms with E-state index >= 15 is 0 Å². The molecule has 88 valence electrons. The molecule has 0 unspecified atom stereocenters. The van der Waals surface area contributed by atoms with Crippen LogP contribution in [0.1, 0.15) is 18.4 Å². The van der Waals surface area contributed by atoms with Crippen LogP contribution in [0.15, 0.2) is 22.7 Å². The molecule has 0 aliphatic heterocycles. The molecular weight excluding hydrogens is 270 g/mol. The Morgan fingerprint density at radius 2 is 2.25 bits per heavy atom. The van der Waals surface area contributed by atoms with Crippen molar-refractivity contribution in [1.29, 1.82) is 0 Å². The number of rotatable bonds is 5. The van der Waals surface area contributed by atoms with Crippen molar-refractivity contribution in [1.82, 2.24) is 5.32 Å². The highest BCUT2D eigenvalue weighted by molar-refractivity contribution is 9.10. The average Bonchev–Trinajstić information content (AvgIpc) is 3.09. The Morgan fingerprint density at radius 1 is 1.50 bits per heavy atom. The molecule has 4 heteroatoms. The van der Waals surface area contributed by atoms with Crippen molar-refractivity contribution in [3.8, 4) is 5.75 Å². The maximum atomic E-state index is 9.21. The molecule has 2 rings (SSSR count). The molecule has 0 amide bonds. The average molecular weight is 286 g/mol. The van der Waals surface area contributed by atoms with Crippen LogP contribution >= 0.6 is 15.9 Å². The van der Waals surface area contributed by atoms with E-state index in [1.807, 2.05) is 18.2 Å². The topological polar surface area (TPSA) is 41.5 Å². The summed E-state index contributed by atoms with van der Waals surface area (Å²) in [6.45, 7) is 0.965. The van der Waals surface area contributed by atoms with E-state index in [9.17, 15) is 5.11 Å². The minimum Gasteiger partial charge on any atom is -0.497 e. The summed E-state index contributed by atoms with van der Waals surface area (Å²) in [6.07, 6.45) is 2.12. The van der Waals surface area contributed by atoms with Gasteiger partial charge in [0.05, 0.1) is 13.7 Å². The molecule has 0 aromatic heterocycles. The highest BCUT2D eigenvalue weighted by Gasteiger charge is 2.41. The molecule has 1 saturated carbocycles. The first-order valence-corrected chi connectivity index (χ1v) is 6.17. The van der Waals surface area contributed by atoms with Gasteiger partial charge in [-0.05, 0) is 36.6 Å². The molecule has 0 radical (unpaired) electrons. The van der Waals surface area contributed by atoms with Crippen molar-refractivity contribution >= 4 is 15.9 Å². The fourth-order valence-electron chi connectivity index (χ4n) is 1.64. The number of methoxy groups -OCH3 is 1. The fourth-order valence-corrected chi connectivity index (χ4v) is 2.02. The number of halogens is 1. The number of hydrogen-bond acceptors (Lipinski definition) is 3. The van der Waals surface area contributed by atoms with Gasteiger partial charge < -0.3 is 15.2 Å². The smallest absolute Gasteiger partial charge is 0.119 e. The molecule has 0 spiro atoms. The van der Waals surface area contributed by atoms with Gasteiger partial charge in [-0.15, -0.1) is 0 Å². The van der Waals surface area contributed by atoms with Crippen LogP contribution in [-0.4, -0.2) is 24.4 Å². The standard InChI is InChI=1S/C12H16BrNO2/c1-16-10-2-3-11(13)9(6-10)7-14-12(8-15)4-5-12/h2-3,6,14-15H,4-5,7-8H2,1H3. The Balaban J connectivity index is 2.03. The second kappa shape index (κ2) is 4.73. The van der Waals surface area contributed by atoms with Gasteiger partial charge in [-0.3, -0.25) is 0 Å². The molecule has 16 heavy (non-hydrogen) atoms. The Bertz CT molecular complexity index is 377. The van der Waals surface area contributed by atoms with Crippen molar-refractivity contribution in [2.24, 2.45) is 0 Å². The zero-order valence-corrected chi connectivity index (χ0v) is 10.9. The van der Waals surface area contributed by atoms with Gasteiger partial charge in [0.2, 0.25) is 0 Å². The molecule has 1 aliphatic rings. The van der Waals surface area contributed by atoms with Crippen LogP contribution in [0.5, 0.6) is 5.75 Å². The van der Waals surface area contributed by atoms with E-state index in [2.05, 4.69) is 21.2 Å². The number of aliphatic hydroxyl groups excluding tert-OH is 1. The van der Waals surface area contributed by atoms with Gasteiger partial charge >= 0.3 is 0 Å². The van der Waals surface area contributed by atoms with Gasteiger partial charge in [0, 0.05) is 16.6 Å². The summed E-state index contributed by atoms with van der Waals surface area (Å²) in [6, 6.07) is 5.91. The summed E-state index contributed by atoms with van der Waals surface area (Å²) in [4.78, 5) is 0. The van der Waals surface area contributed by atoms with Crippen LogP contribution < -0.4 is 10.1 Å². The maximum absolute atomic E-state index is 9.21. The SMILES string of the molecule is COc1ccc(Br)c(CNC2(CO)CC2)c1. The molecule has 2 N–H and O–H groups in total. The summed E-state index contributed by atoms with van der Waals surface area (Å²) in [5.74, 6) is 0.855. The van der Waals surface area contributed by atoms with Crippen molar-refractivity contribution in [2.45, 2.75) is 24.9 Å². The van der Waals surface area contributed by atoms with Gasteiger partial charge in [0.1, 0.15) is 5.75 Å².